The van der Waals surface area contributed by atoms with Crippen LogP contribution in [0.25, 0.3) is 0 Å². The second-order valence-electron chi connectivity index (χ2n) is 3.71. The first-order valence-electron chi connectivity index (χ1n) is 6.31. The zero-order valence-corrected chi connectivity index (χ0v) is 10.8. The van der Waals surface area contributed by atoms with Gasteiger partial charge in [0.25, 0.3) is 0 Å². The van der Waals surface area contributed by atoms with Crippen molar-refractivity contribution in [2.45, 2.75) is 39.4 Å². The van der Waals surface area contributed by atoms with Crippen LogP contribution < -0.4 is 0 Å². The van der Waals surface area contributed by atoms with E-state index in [1.165, 1.54) is 12.1 Å². The van der Waals surface area contributed by atoms with E-state index < -0.39 is 5.79 Å². The topological polar surface area (TPSA) is 18.5 Å². The van der Waals surface area contributed by atoms with Gasteiger partial charge in [-0.2, -0.15) is 0 Å². The van der Waals surface area contributed by atoms with Crippen molar-refractivity contribution < 1.29 is 13.9 Å². The molecule has 2 rings (SSSR count). The van der Waals surface area contributed by atoms with E-state index >= 15 is 0 Å². The van der Waals surface area contributed by atoms with Crippen molar-refractivity contribution >= 4 is 0 Å². The number of halogens is 1. The lowest BCUT2D eigenvalue weighted by molar-refractivity contribution is -0.171. The molecule has 0 atom stereocenters. The predicted octanol–water partition coefficient (Wildman–Crippen LogP) is 3.85. The molecule has 0 radical (unpaired) electrons. The highest BCUT2D eigenvalue weighted by Crippen LogP contribution is 2.35. The van der Waals surface area contributed by atoms with E-state index in [0.717, 1.165) is 18.4 Å². The Morgan fingerprint density at radius 1 is 1.12 bits per heavy atom. The SMILES string of the molecule is CC.CCCC1(c2ccc(F)cc2)OCCO1. The average Bonchev–Trinajstić information content (AvgIpc) is 2.83. The van der Waals surface area contributed by atoms with E-state index in [1.54, 1.807) is 12.1 Å². The maximum absolute atomic E-state index is 12.8. The van der Waals surface area contributed by atoms with Gasteiger partial charge in [-0.25, -0.2) is 4.39 Å². The summed E-state index contributed by atoms with van der Waals surface area (Å²) in [4.78, 5) is 0. The Bertz CT molecular complexity index is 315. The van der Waals surface area contributed by atoms with E-state index in [0.29, 0.717) is 13.2 Å². The summed E-state index contributed by atoms with van der Waals surface area (Å²) in [5.74, 6) is -0.869. The molecular weight excluding hydrogens is 219 g/mol. The molecular formula is C14H21FO2. The second-order valence-corrected chi connectivity index (χ2v) is 3.71. The van der Waals surface area contributed by atoms with Crippen LogP contribution in [0.4, 0.5) is 4.39 Å². The molecule has 1 aliphatic heterocycles. The molecule has 17 heavy (non-hydrogen) atoms. The molecule has 1 aromatic rings. The monoisotopic (exact) mass is 240 g/mol. The molecule has 1 saturated heterocycles. The van der Waals surface area contributed by atoms with Gasteiger partial charge in [-0.15, -0.1) is 0 Å². The quantitative estimate of drug-likeness (QED) is 0.799. The highest BCUT2D eigenvalue weighted by Gasteiger charge is 2.37. The molecule has 0 amide bonds. The van der Waals surface area contributed by atoms with Crippen molar-refractivity contribution in [2.75, 3.05) is 13.2 Å². The second kappa shape index (κ2) is 6.72. The molecule has 1 heterocycles. The first kappa shape index (κ1) is 14.1. The van der Waals surface area contributed by atoms with Gasteiger partial charge in [-0.1, -0.05) is 39.3 Å². The van der Waals surface area contributed by atoms with Crippen LogP contribution in [0.1, 0.15) is 39.2 Å². The zero-order valence-electron chi connectivity index (χ0n) is 10.8. The van der Waals surface area contributed by atoms with Gasteiger partial charge in [0.1, 0.15) is 5.82 Å². The van der Waals surface area contributed by atoms with Gasteiger partial charge in [0, 0.05) is 12.0 Å². The summed E-state index contributed by atoms with van der Waals surface area (Å²) in [7, 11) is 0. The van der Waals surface area contributed by atoms with Gasteiger partial charge in [-0.3, -0.25) is 0 Å². The Kier molecular flexibility index (Phi) is 5.59. The minimum atomic E-state index is -0.636. The molecule has 3 heteroatoms. The van der Waals surface area contributed by atoms with Crippen LogP contribution in [0.2, 0.25) is 0 Å². The molecule has 0 saturated carbocycles. The van der Waals surface area contributed by atoms with Crippen molar-refractivity contribution in [1.82, 2.24) is 0 Å². The third-order valence-electron chi connectivity index (χ3n) is 2.62. The Labute approximate surface area is 103 Å². The summed E-state index contributed by atoms with van der Waals surface area (Å²) in [5, 5.41) is 0. The molecule has 2 nitrogen and oxygen atoms in total. The molecule has 1 aliphatic rings. The highest BCUT2D eigenvalue weighted by molar-refractivity contribution is 5.21. The minimum Gasteiger partial charge on any atom is -0.343 e. The summed E-state index contributed by atoms with van der Waals surface area (Å²) in [6, 6.07) is 6.35. The van der Waals surface area contributed by atoms with Gasteiger partial charge in [0.15, 0.2) is 5.79 Å². The molecule has 1 aromatic carbocycles. The van der Waals surface area contributed by atoms with Crippen LogP contribution in [0.15, 0.2) is 24.3 Å². The predicted molar refractivity (Wildman–Crippen MR) is 66.2 cm³/mol. The highest BCUT2D eigenvalue weighted by atomic mass is 19.1. The number of hydrogen-bond acceptors (Lipinski definition) is 2. The fourth-order valence-corrected chi connectivity index (χ4v) is 1.94. The van der Waals surface area contributed by atoms with Gasteiger partial charge in [-0.05, 0) is 12.1 Å². The lowest BCUT2D eigenvalue weighted by Gasteiger charge is -2.27. The first-order valence-corrected chi connectivity index (χ1v) is 6.31. The maximum Gasteiger partial charge on any atom is 0.194 e. The van der Waals surface area contributed by atoms with Gasteiger partial charge in [0.05, 0.1) is 13.2 Å². The maximum atomic E-state index is 12.8. The molecule has 0 unspecified atom stereocenters. The molecule has 0 N–H and O–H groups in total. The first-order chi connectivity index (χ1) is 8.27. The van der Waals surface area contributed by atoms with Gasteiger partial charge in [0.2, 0.25) is 0 Å². The van der Waals surface area contributed by atoms with E-state index in [2.05, 4.69) is 6.92 Å². The van der Waals surface area contributed by atoms with Gasteiger partial charge < -0.3 is 9.47 Å². The van der Waals surface area contributed by atoms with Crippen LogP contribution in [-0.2, 0) is 15.3 Å². The fraction of sp³-hybridized carbons (Fsp3) is 0.571. The molecule has 0 spiro atoms. The lowest BCUT2D eigenvalue weighted by Crippen LogP contribution is -2.26. The van der Waals surface area contributed by atoms with Crippen LogP contribution >= 0.6 is 0 Å². The van der Waals surface area contributed by atoms with Crippen LogP contribution in [0, 0.1) is 5.82 Å². The standard InChI is InChI=1S/C12H15FO2.C2H6/c1-2-7-12(14-8-9-15-12)10-3-5-11(13)6-4-10;1-2/h3-6H,2,7-9H2,1H3;1-2H3. The number of hydrogen-bond donors (Lipinski definition) is 0. The minimum absolute atomic E-state index is 0.233. The molecule has 0 aliphatic carbocycles. The summed E-state index contributed by atoms with van der Waals surface area (Å²) >= 11 is 0. The molecule has 0 aromatic heterocycles. The van der Waals surface area contributed by atoms with E-state index in [9.17, 15) is 4.39 Å². The van der Waals surface area contributed by atoms with Crippen LogP contribution in [-0.4, -0.2) is 13.2 Å². The van der Waals surface area contributed by atoms with E-state index in [-0.39, 0.29) is 5.82 Å². The summed E-state index contributed by atoms with van der Waals surface area (Å²) in [5.41, 5.74) is 0.906. The summed E-state index contributed by atoms with van der Waals surface area (Å²) < 4.78 is 24.1. The Morgan fingerprint density at radius 3 is 2.12 bits per heavy atom. The van der Waals surface area contributed by atoms with E-state index in [1.807, 2.05) is 13.8 Å². The number of rotatable bonds is 3. The summed E-state index contributed by atoms with van der Waals surface area (Å²) in [6.07, 6.45) is 1.77. The largest absolute Gasteiger partial charge is 0.343 e. The van der Waals surface area contributed by atoms with Crippen molar-refractivity contribution in [3.05, 3.63) is 35.6 Å². The molecule has 96 valence electrons. The fourth-order valence-electron chi connectivity index (χ4n) is 1.94. The number of ether oxygens (including phenoxy) is 2. The van der Waals surface area contributed by atoms with Crippen LogP contribution in [0.5, 0.6) is 0 Å². The third kappa shape index (κ3) is 3.27. The summed E-state index contributed by atoms with van der Waals surface area (Å²) in [6.45, 7) is 7.30. The smallest absolute Gasteiger partial charge is 0.194 e. The normalized spacial score (nSPS) is 17.4. The van der Waals surface area contributed by atoms with Crippen LogP contribution in [0.3, 0.4) is 0 Å². The average molecular weight is 240 g/mol. The van der Waals surface area contributed by atoms with Crippen molar-refractivity contribution in [2.24, 2.45) is 0 Å². The Hall–Kier alpha value is -0.930. The van der Waals surface area contributed by atoms with Crippen molar-refractivity contribution in [3.63, 3.8) is 0 Å². The van der Waals surface area contributed by atoms with Crippen molar-refractivity contribution in [1.29, 1.82) is 0 Å². The molecule has 0 bridgehead atoms. The van der Waals surface area contributed by atoms with Crippen molar-refractivity contribution in [3.8, 4) is 0 Å². The number of benzene rings is 1. The van der Waals surface area contributed by atoms with Gasteiger partial charge >= 0.3 is 0 Å². The zero-order chi connectivity index (χ0) is 12.7. The molecule has 1 fully saturated rings. The van der Waals surface area contributed by atoms with E-state index in [4.69, 9.17) is 9.47 Å². The lowest BCUT2D eigenvalue weighted by atomic mass is 10.0. The Balaban J connectivity index is 0.000000686. The Morgan fingerprint density at radius 2 is 1.65 bits per heavy atom. The third-order valence-corrected chi connectivity index (χ3v) is 2.62.